The fraction of sp³-hybridized carbons (Fsp3) is 0.533. The third-order valence-electron chi connectivity index (χ3n) is 2.95. The Labute approximate surface area is 127 Å². The van der Waals surface area contributed by atoms with Crippen LogP contribution in [0.1, 0.15) is 19.4 Å². The first-order chi connectivity index (χ1) is 8.94. The number of benzene rings is 1. The molecule has 0 fully saturated rings. The zero-order chi connectivity index (χ0) is 14.3. The normalized spacial score (nSPS) is 12.4. The Bertz CT molecular complexity index is 396. The maximum atomic E-state index is 11.7. The molecule has 0 radical (unpaired) electrons. The summed E-state index contributed by atoms with van der Waals surface area (Å²) >= 11 is 0. The Morgan fingerprint density at radius 3 is 2.50 bits per heavy atom. The number of carbonyl (C=O) groups is 1. The molecule has 0 saturated heterocycles. The van der Waals surface area contributed by atoms with E-state index in [1.165, 1.54) is 12.7 Å². The molecule has 0 bridgehead atoms. The van der Waals surface area contributed by atoms with Crippen LogP contribution in [0, 0.1) is 5.41 Å². The van der Waals surface area contributed by atoms with E-state index < -0.39 is 6.04 Å². The molecule has 114 valence electrons. The van der Waals surface area contributed by atoms with Gasteiger partial charge in [-0.3, -0.25) is 4.79 Å². The lowest BCUT2D eigenvalue weighted by Crippen LogP contribution is -2.46. The molecule has 1 aromatic rings. The van der Waals surface area contributed by atoms with E-state index in [-0.39, 0.29) is 30.3 Å². The molecule has 0 aromatic heterocycles. The van der Waals surface area contributed by atoms with Crippen LogP contribution in [0.25, 0.3) is 0 Å². The number of halogens is 1. The molecular formula is C15H25ClN2O2. The van der Waals surface area contributed by atoms with Crippen molar-refractivity contribution in [1.29, 1.82) is 0 Å². The van der Waals surface area contributed by atoms with E-state index >= 15 is 0 Å². The van der Waals surface area contributed by atoms with Gasteiger partial charge >= 0.3 is 0 Å². The minimum absolute atomic E-state index is 0. The van der Waals surface area contributed by atoms with Crippen LogP contribution in [0.15, 0.2) is 30.3 Å². The Kier molecular flexibility index (Phi) is 8.46. The van der Waals surface area contributed by atoms with Crippen LogP contribution < -0.4 is 11.1 Å². The van der Waals surface area contributed by atoms with Gasteiger partial charge < -0.3 is 15.8 Å². The zero-order valence-electron chi connectivity index (χ0n) is 12.4. The van der Waals surface area contributed by atoms with E-state index in [9.17, 15) is 4.79 Å². The molecule has 1 atom stereocenters. The second-order valence-electron chi connectivity index (χ2n) is 5.61. The summed E-state index contributed by atoms with van der Waals surface area (Å²) < 4.78 is 4.87. The molecule has 3 N–H and O–H groups in total. The highest BCUT2D eigenvalue weighted by atomic mass is 35.5. The fourth-order valence-electron chi connectivity index (χ4n) is 1.92. The number of amides is 1. The Morgan fingerprint density at radius 2 is 1.95 bits per heavy atom. The molecule has 0 spiro atoms. The standard InChI is InChI=1S/C15H24N2O2.ClH/c1-15(2,9-12-7-5-4-6-8-12)11-17-14(18)13(16)10-19-3;/h4-8,13H,9-11,16H2,1-3H3,(H,17,18);1H. The van der Waals surface area contributed by atoms with E-state index in [0.29, 0.717) is 6.54 Å². The van der Waals surface area contributed by atoms with E-state index in [4.69, 9.17) is 10.5 Å². The zero-order valence-corrected chi connectivity index (χ0v) is 13.2. The fourth-order valence-corrected chi connectivity index (χ4v) is 1.92. The van der Waals surface area contributed by atoms with E-state index in [1.807, 2.05) is 18.2 Å². The van der Waals surface area contributed by atoms with Crippen LogP contribution in [-0.2, 0) is 16.0 Å². The summed E-state index contributed by atoms with van der Waals surface area (Å²) in [6.07, 6.45) is 0.910. The first-order valence-corrected chi connectivity index (χ1v) is 6.51. The van der Waals surface area contributed by atoms with Crippen LogP contribution in [0.2, 0.25) is 0 Å². The largest absolute Gasteiger partial charge is 0.383 e. The van der Waals surface area contributed by atoms with E-state index in [1.54, 1.807) is 0 Å². The van der Waals surface area contributed by atoms with Gasteiger partial charge in [-0.1, -0.05) is 44.2 Å². The van der Waals surface area contributed by atoms with Crippen molar-refractivity contribution in [3.8, 4) is 0 Å². The molecule has 1 unspecified atom stereocenters. The van der Waals surface area contributed by atoms with Crippen molar-refractivity contribution in [1.82, 2.24) is 5.32 Å². The molecular weight excluding hydrogens is 276 g/mol. The van der Waals surface area contributed by atoms with Crippen molar-refractivity contribution in [2.75, 3.05) is 20.3 Å². The summed E-state index contributed by atoms with van der Waals surface area (Å²) in [7, 11) is 1.53. The van der Waals surface area contributed by atoms with Crippen LogP contribution in [0.5, 0.6) is 0 Å². The quantitative estimate of drug-likeness (QED) is 0.806. The number of nitrogens with two attached hydrogens (primary N) is 1. The first kappa shape index (κ1) is 18.9. The molecule has 5 heteroatoms. The maximum Gasteiger partial charge on any atom is 0.239 e. The molecule has 20 heavy (non-hydrogen) atoms. The van der Waals surface area contributed by atoms with Gasteiger partial charge in [0.1, 0.15) is 6.04 Å². The number of nitrogens with one attached hydrogen (secondary N) is 1. The van der Waals surface area contributed by atoms with Gasteiger partial charge in [-0.05, 0) is 17.4 Å². The number of hydrogen-bond donors (Lipinski definition) is 2. The summed E-state index contributed by atoms with van der Waals surface area (Å²) in [5.74, 6) is -0.164. The highest BCUT2D eigenvalue weighted by Crippen LogP contribution is 2.20. The minimum atomic E-state index is -0.600. The summed E-state index contributed by atoms with van der Waals surface area (Å²) in [5, 5.41) is 2.88. The monoisotopic (exact) mass is 300 g/mol. The van der Waals surface area contributed by atoms with E-state index in [0.717, 1.165) is 6.42 Å². The number of ether oxygens (including phenoxy) is 1. The van der Waals surface area contributed by atoms with Crippen molar-refractivity contribution in [3.05, 3.63) is 35.9 Å². The lowest BCUT2D eigenvalue weighted by Gasteiger charge is -2.26. The molecule has 0 aliphatic heterocycles. The molecule has 1 amide bonds. The predicted molar refractivity (Wildman–Crippen MR) is 84.0 cm³/mol. The molecule has 0 aliphatic rings. The number of carbonyl (C=O) groups excluding carboxylic acids is 1. The molecule has 1 aromatic carbocycles. The van der Waals surface area contributed by atoms with Gasteiger partial charge in [-0.2, -0.15) is 0 Å². The average Bonchev–Trinajstić information content (AvgIpc) is 2.37. The molecule has 0 saturated carbocycles. The predicted octanol–water partition coefficient (Wildman–Crippen LogP) is 1.77. The Balaban J connectivity index is 0.00000361. The summed E-state index contributed by atoms with van der Waals surface area (Å²) in [6, 6.07) is 9.65. The third-order valence-corrected chi connectivity index (χ3v) is 2.95. The van der Waals surface area contributed by atoms with Crippen molar-refractivity contribution >= 4 is 18.3 Å². The average molecular weight is 301 g/mol. The van der Waals surface area contributed by atoms with Crippen molar-refractivity contribution in [2.24, 2.45) is 11.1 Å². The van der Waals surface area contributed by atoms with E-state index in [2.05, 4.69) is 31.3 Å². The van der Waals surface area contributed by atoms with Crippen molar-refractivity contribution in [3.63, 3.8) is 0 Å². The molecule has 4 nitrogen and oxygen atoms in total. The third kappa shape index (κ3) is 6.89. The molecule has 1 rings (SSSR count). The second kappa shape index (κ2) is 8.95. The van der Waals surface area contributed by atoms with Crippen LogP contribution in [0.4, 0.5) is 0 Å². The summed E-state index contributed by atoms with van der Waals surface area (Å²) in [4.78, 5) is 11.7. The van der Waals surface area contributed by atoms with Gasteiger partial charge in [-0.15, -0.1) is 12.4 Å². The van der Waals surface area contributed by atoms with Gasteiger partial charge in [0.2, 0.25) is 5.91 Å². The number of hydrogen-bond acceptors (Lipinski definition) is 3. The lowest BCUT2D eigenvalue weighted by atomic mass is 9.85. The van der Waals surface area contributed by atoms with Gasteiger partial charge in [-0.25, -0.2) is 0 Å². The number of methoxy groups -OCH3 is 1. The number of rotatable bonds is 7. The summed E-state index contributed by atoms with van der Waals surface area (Å²) in [5.41, 5.74) is 6.93. The van der Waals surface area contributed by atoms with Crippen LogP contribution >= 0.6 is 12.4 Å². The molecule has 0 aliphatic carbocycles. The maximum absolute atomic E-state index is 11.7. The lowest BCUT2D eigenvalue weighted by molar-refractivity contribution is -0.123. The molecule has 0 heterocycles. The Hall–Kier alpha value is -1.10. The van der Waals surface area contributed by atoms with Gasteiger partial charge in [0.25, 0.3) is 0 Å². The van der Waals surface area contributed by atoms with Crippen LogP contribution in [-0.4, -0.2) is 32.2 Å². The van der Waals surface area contributed by atoms with Crippen molar-refractivity contribution in [2.45, 2.75) is 26.3 Å². The minimum Gasteiger partial charge on any atom is -0.383 e. The highest BCUT2D eigenvalue weighted by molar-refractivity contribution is 5.85. The Morgan fingerprint density at radius 1 is 1.35 bits per heavy atom. The van der Waals surface area contributed by atoms with Crippen LogP contribution in [0.3, 0.4) is 0 Å². The SMILES string of the molecule is COCC(N)C(=O)NCC(C)(C)Cc1ccccc1.Cl. The topological polar surface area (TPSA) is 64.3 Å². The van der Waals surface area contributed by atoms with Crippen molar-refractivity contribution < 1.29 is 9.53 Å². The highest BCUT2D eigenvalue weighted by Gasteiger charge is 2.21. The van der Waals surface area contributed by atoms with Gasteiger partial charge in [0, 0.05) is 13.7 Å². The van der Waals surface area contributed by atoms with Gasteiger partial charge in [0.05, 0.1) is 6.61 Å². The second-order valence-corrected chi connectivity index (χ2v) is 5.61. The summed E-state index contributed by atoms with van der Waals surface area (Å²) in [6.45, 7) is 5.09. The van der Waals surface area contributed by atoms with Gasteiger partial charge in [0.15, 0.2) is 0 Å². The first-order valence-electron chi connectivity index (χ1n) is 6.51. The smallest absolute Gasteiger partial charge is 0.239 e.